The molecule has 0 unspecified atom stereocenters. The standard InChI is InChI=1S/C17H12ClNO3/c18-13-8-6-12(7-9-13)16(21)19-10-14(15(20)17(19)22)11-4-2-1-3-5-11/h1-9,14H,10H2/t14-/m0/s1. The fourth-order valence-corrected chi connectivity index (χ4v) is 2.62. The summed E-state index contributed by atoms with van der Waals surface area (Å²) in [5.74, 6) is -2.37. The number of nitrogens with zero attached hydrogens (tertiary/aromatic N) is 1. The first-order valence-electron chi connectivity index (χ1n) is 6.78. The van der Waals surface area contributed by atoms with E-state index in [0.717, 1.165) is 10.5 Å². The van der Waals surface area contributed by atoms with Crippen LogP contribution in [0.25, 0.3) is 0 Å². The lowest BCUT2D eigenvalue weighted by atomic mass is 9.97. The second kappa shape index (κ2) is 5.73. The maximum absolute atomic E-state index is 12.4. The maximum atomic E-state index is 12.4. The molecule has 1 heterocycles. The monoisotopic (exact) mass is 313 g/mol. The predicted octanol–water partition coefficient (Wildman–Crippen LogP) is 2.68. The summed E-state index contributed by atoms with van der Waals surface area (Å²) in [6.45, 7) is 0.0726. The molecule has 0 radical (unpaired) electrons. The van der Waals surface area contributed by atoms with Crippen molar-refractivity contribution in [2.24, 2.45) is 0 Å². The van der Waals surface area contributed by atoms with Crippen LogP contribution in [0, 0.1) is 0 Å². The van der Waals surface area contributed by atoms with Crippen molar-refractivity contribution in [3.8, 4) is 0 Å². The third kappa shape index (κ3) is 2.53. The highest BCUT2D eigenvalue weighted by Crippen LogP contribution is 2.26. The van der Waals surface area contributed by atoms with Crippen LogP contribution < -0.4 is 0 Å². The van der Waals surface area contributed by atoms with Crippen LogP contribution in [0.1, 0.15) is 21.8 Å². The van der Waals surface area contributed by atoms with E-state index in [-0.39, 0.29) is 6.54 Å². The molecule has 1 fully saturated rings. The van der Waals surface area contributed by atoms with E-state index in [9.17, 15) is 14.4 Å². The largest absolute Gasteiger partial charge is 0.297 e. The third-order valence-corrected chi connectivity index (χ3v) is 3.93. The van der Waals surface area contributed by atoms with Crippen LogP contribution >= 0.6 is 11.6 Å². The van der Waals surface area contributed by atoms with Gasteiger partial charge in [0.25, 0.3) is 11.8 Å². The molecular weight excluding hydrogens is 302 g/mol. The Morgan fingerprint density at radius 3 is 2.27 bits per heavy atom. The van der Waals surface area contributed by atoms with E-state index in [1.807, 2.05) is 6.07 Å². The Balaban J connectivity index is 1.87. The Morgan fingerprint density at radius 1 is 1.00 bits per heavy atom. The number of halogens is 1. The van der Waals surface area contributed by atoms with E-state index < -0.39 is 23.5 Å². The van der Waals surface area contributed by atoms with Crippen LogP contribution in [-0.4, -0.2) is 29.0 Å². The van der Waals surface area contributed by atoms with Crippen molar-refractivity contribution < 1.29 is 14.4 Å². The molecule has 3 rings (SSSR count). The number of hydrogen-bond acceptors (Lipinski definition) is 3. The van der Waals surface area contributed by atoms with Gasteiger partial charge in [-0.1, -0.05) is 41.9 Å². The van der Waals surface area contributed by atoms with Crippen LogP contribution in [-0.2, 0) is 9.59 Å². The molecule has 2 aromatic rings. The van der Waals surface area contributed by atoms with Crippen LogP contribution in [0.4, 0.5) is 0 Å². The second-order valence-electron chi connectivity index (χ2n) is 5.06. The van der Waals surface area contributed by atoms with Gasteiger partial charge in [0.05, 0.1) is 5.92 Å². The van der Waals surface area contributed by atoms with Crippen molar-refractivity contribution in [3.63, 3.8) is 0 Å². The lowest BCUT2D eigenvalue weighted by Gasteiger charge is -2.13. The van der Waals surface area contributed by atoms with Gasteiger partial charge in [0.15, 0.2) is 0 Å². The SMILES string of the molecule is O=C1C(=O)N(C(=O)c2ccc(Cl)cc2)C[C@H]1c1ccccc1. The zero-order chi connectivity index (χ0) is 15.7. The molecular formula is C17H12ClNO3. The first-order chi connectivity index (χ1) is 10.6. The molecule has 1 aliphatic heterocycles. The summed E-state index contributed by atoms with van der Waals surface area (Å²) in [4.78, 5) is 37.6. The lowest BCUT2D eigenvalue weighted by Crippen LogP contribution is -2.33. The zero-order valence-electron chi connectivity index (χ0n) is 11.5. The summed E-state index contributed by atoms with van der Waals surface area (Å²) >= 11 is 5.79. The number of imide groups is 1. The van der Waals surface area contributed by atoms with Gasteiger partial charge < -0.3 is 0 Å². The minimum atomic E-state index is -0.756. The average molecular weight is 314 g/mol. The lowest BCUT2D eigenvalue weighted by molar-refractivity contribution is -0.139. The molecule has 110 valence electrons. The predicted molar refractivity (Wildman–Crippen MR) is 81.7 cm³/mol. The number of benzene rings is 2. The molecule has 22 heavy (non-hydrogen) atoms. The van der Waals surface area contributed by atoms with Crippen molar-refractivity contribution in [2.45, 2.75) is 5.92 Å². The molecule has 0 N–H and O–H groups in total. The maximum Gasteiger partial charge on any atom is 0.297 e. The van der Waals surface area contributed by atoms with E-state index in [1.54, 1.807) is 36.4 Å². The van der Waals surface area contributed by atoms with Gasteiger partial charge in [-0.25, -0.2) is 0 Å². The molecule has 1 aliphatic rings. The number of carbonyl (C=O) groups excluding carboxylic acids is 3. The Kier molecular flexibility index (Phi) is 3.77. The molecule has 0 aliphatic carbocycles. The Hall–Kier alpha value is -2.46. The highest BCUT2D eigenvalue weighted by molar-refractivity contribution is 6.43. The van der Waals surface area contributed by atoms with E-state index >= 15 is 0 Å². The number of carbonyl (C=O) groups is 3. The van der Waals surface area contributed by atoms with Gasteiger partial charge in [0, 0.05) is 17.1 Å². The van der Waals surface area contributed by atoms with Crippen molar-refractivity contribution >= 4 is 29.2 Å². The summed E-state index contributed by atoms with van der Waals surface area (Å²) in [5.41, 5.74) is 1.08. The van der Waals surface area contributed by atoms with Gasteiger partial charge in [-0.15, -0.1) is 0 Å². The van der Waals surface area contributed by atoms with Crippen LogP contribution in [0.3, 0.4) is 0 Å². The van der Waals surface area contributed by atoms with Gasteiger partial charge in [-0.3, -0.25) is 19.3 Å². The average Bonchev–Trinajstić information content (AvgIpc) is 2.84. The number of likely N-dealkylation sites (tertiary alicyclic amines) is 1. The van der Waals surface area contributed by atoms with Crippen molar-refractivity contribution in [2.75, 3.05) is 6.54 Å². The normalized spacial score (nSPS) is 17.9. The molecule has 0 spiro atoms. The molecule has 0 aromatic heterocycles. The zero-order valence-corrected chi connectivity index (χ0v) is 12.3. The Morgan fingerprint density at radius 2 is 1.64 bits per heavy atom. The quantitative estimate of drug-likeness (QED) is 0.632. The van der Waals surface area contributed by atoms with Crippen molar-refractivity contribution in [1.82, 2.24) is 4.90 Å². The highest BCUT2D eigenvalue weighted by Gasteiger charge is 2.42. The van der Waals surface area contributed by atoms with E-state index in [0.29, 0.717) is 10.6 Å². The molecule has 1 saturated heterocycles. The third-order valence-electron chi connectivity index (χ3n) is 3.68. The number of ketones is 1. The molecule has 1 atom stereocenters. The first kappa shape index (κ1) is 14.5. The Bertz CT molecular complexity index is 740. The Labute approximate surface area is 132 Å². The summed E-state index contributed by atoms with van der Waals surface area (Å²) in [6, 6.07) is 15.2. The van der Waals surface area contributed by atoms with Gasteiger partial charge in [0.1, 0.15) is 0 Å². The van der Waals surface area contributed by atoms with Crippen molar-refractivity contribution in [1.29, 1.82) is 0 Å². The first-order valence-corrected chi connectivity index (χ1v) is 7.16. The molecule has 0 bridgehead atoms. The fraction of sp³-hybridized carbons (Fsp3) is 0.118. The van der Waals surface area contributed by atoms with E-state index in [2.05, 4.69) is 0 Å². The van der Waals surface area contributed by atoms with Crippen LogP contribution in [0.5, 0.6) is 0 Å². The summed E-state index contributed by atoms with van der Waals surface area (Å²) < 4.78 is 0. The number of hydrogen-bond donors (Lipinski definition) is 0. The van der Waals surface area contributed by atoms with E-state index in [1.165, 1.54) is 12.1 Å². The summed E-state index contributed by atoms with van der Waals surface area (Å²) in [6.07, 6.45) is 0. The number of amides is 2. The molecule has 5 heteroatoms. The molecule has 4 nitrogen and oxygen atoms in total. The number of Topliss-reactive ketones (excluding diaryl/α,β-unsaturated/α-hetero) is 1. The summed E-state index contributed by atoms with van der Waals surface area (Å²) in [5, 5.41) is 0.502. The summed E-state index contributed by atoms with van der Waals surface area (Å²) in [7, 11) is 0. The van der Waals surface area contributed by atoms with Gasteiger partial charge >= 0.3 is 0 Å². The van der Waals surface area contributed by atoms with Crippen molar-refractivity contribution in [3.05, 3.63) is 70.7 Å². The topological polar surface area (TPSA) is 54.5 Å². The molecule has 2 amide bonds. The van der Waals surface area contributed by atoms with Crippen LogP contribution in [0.15, 0.2) is 54.6 Å². The van der Waals surface area contributed by atoms with Crippen LogP contribution in [0.2, 0.25) is 5.02 Å². The minimum absolute atomic E-state index is 0.0726. The highest BCUT2D eigenvalue weighted by atomic mass is 35.5. The fourth-order valence-electron chi connectivity index (χ4n) is 2.50. The molecule has 0 saturated carbocycles. The van der Waals surface area contributed by atoms with Gasteiger partial charge in [0.2, 0.25) is 5.78 Å². The second-order valence-corrected chi connectivity index (χ2v) is 5.49. The van der Waals surface area contributed by atoms with E-state index in [4.69, 9.17) is 11.6 Å². The smallest absolute Gasteiger partial charge is 0.288 e. The molecule has 2 aromatic carbocycles. The van der Waals surface area contributed by atoms with Gasteiger partial charge in [-0.05, 0) is 29.8 Å². The van der Waals surface area contributed by atoms with Gasteiger partial charge in [-0.2, -0.15) is 0 Å². The minimum Gasteiger partial charge on any atom is -0.288 e. The number of rotatable bonds is 2.